The summed E-state index contributed by atoms with van der Waals surface area (Å²) in [5.41, 5.74) is 0.276. The maximum absolute atomic E-state index is 11.9. The average Bonchev–Trinajstić information content (AvgIpc) is 2.47. The second kappa shape index (κ2) is 5.97. The third-order valence-electron chi connectivity index (χ3n) is 2.79. The van der Waals surface area contributed by atoms with Crippen molar-refractivity contribution in [2.45, 2.75) is 4.90 Å². The molecule has 0 aliphatic rings. The number of carbonyl (C=O) groups is 1. The molecule has 0 fully saturated rings. The summed E-state index contributed by atoms with van der Waals surface area (Å²) in [7, 11) is -1.73. The van der Waals surface area contributed by atoms with Gasteiger partial charge in [-0.15, -0.1) is 0 Å². The Balaban J connectivity index is 2.12. The summed E-state index contributed by atoms with van der Waals surface area (Å²) in [4.78, 5) is 12.1. The minimum absolute atomic E-state index is 0.156. The van der Waals surface area contributed by atoms with E-state index in [0.29, 0.717) is 11.5 Å². The highest BCUT2D eigenvalue weighted by Gasteiger charge is 2.11. The van der Waals surface area contributed by atoms with Crippen LogP contribution in [0.2, 0.25) is 0 Å². The molecule has 0 heterocycles. The smallest absolute Gasteiger partial charge is 0.343 e. The molecule has 0 unspecified atom stereocenters. The summed E-state index contributed by atoms with van der Waals surface area (Å²) < 4.78 is 32.9. The van der Waals surface area contributed by atoms with Gasteiger partial charge >= 0.3 is 5.97 Å². The summed E-state index contributed by atoms with van der Waals surface area (Å²) in [6.45, 7) is 0. The maximum Gasteiger partial charge on any atom is 0.343 e. The van der Waals surface area contributed by atoms with Crippen molar-refractivity contribution in [3.63, 3.8) is 0 Å². The summed E-state index contributed by atoms with van der Waals surface area (Å²) in [5, 5.41) is 0. The fraction of sp³-hybridized carbons (Fsp3) is 0.133. The lowest BCUT2D eigenvalue weighted by atomic mass is 10.2. The first-order valence-corrected chi connectivity index (χ1v) is 7.95. The van der Waals surface area contributed by atoms with Crippen LogP contribution in [0.4, 0.5) is 0 Å². The molecular weight excluding hydrogens is 292 g/mol. The lowest BCUT2D eigenvalue weighted by Gasteiger charge is -2.06. The Bertz CT molecular complexity index is 731. The Kier molecular flexibility index (Phi) is 4.28. The number of methoxy groups -OCH3 is 1. The number of ether oxygens (including phenoxy) is 2. The predicted molar refractivity (Wildman–Crippen MR) is 77.5 cm³/mol. The zero-order valence-corrected chi connectivity index (χ0v) is 12.4. The standard InChI is InChI=1S/C15H14O5S/c1-19-12-5-7-13(8-6-12)20-15(16)11-3-9-14(10-4-11)21(2,17)18/h3-10H,1-2H3. The molecule has 0 amide bonds. The van der Waals surface area contributed by atoms with Gasteiger partial charge in [0, 0.05) is 6.26 Å². The van der Waals surface area contributed by atoms with E-state index in [1.165, 1.54) is 24.3 Å². The monoisotopic (exact) mass is 306 g/mol. The van der Waals surface area contributed by atoms with Crippen LogP contribution in [0, 0.1) is 0 Å². The van der Waals surface area contributed by atoms with Gasteiger partial charge in [-0.1, -0.05) is 0 Å². The number of benzene rings is 2. The number of sulfone groups is 1. The van der Waals surface area contributed by atoms with Gasteiger partial charge < -0.3 is 9.47 Å². The summed E-state index contributed by atoms with van der Waals surface area (Å²) in [6.07, 6.45) is 1.11. The van der Waals surface area contributed by atoms with E-state index in [-0.39, 0.29) is 10.5 Å². The van der Waals surface area contributed by atoms with Crippen molar-refractivity contribution in [2.24, 2.45) is 0 Å². The second-order valence-electron chi connectivity index (χ2n) is 4.36. The molecule has 21 heavy (non-hydrogen) atoms. The minimum Gasteiger partial charge on any atom is -0.497 e. The second-order valence-corrected chi connectivity index (χ2v) is 6.38. The van der Waals surface area contributed by atoms with E-state index in [1.54, 1.807) is 31.4 Å². The molecule has 0 aliphatic carbocycles. The van der Waals surface area contributed by atoms with Crippen molar-refractivity contribution in [1.29, 1.82) is 0 Å². The summed E-state index contributed by atoms with van der Waals surface area (Å²) >= 11 is 0. The SMILES string of the molecule is COc1ccc(OC(=O)c2ccc(S(C)(=O)=O)cc2)cc1. The molecule has 2 rings (SSSR count). The maximum atomic E-state index is 11.9. The largest absolute Gasteiger partial charge is 0.497 e. The Labute approximate surface area is 123 Å². The van der Waals surface area contributed by atoms with Crippen molar-refractivity contribution >= 4 is 15.8 Å². The average molecular weight is 306 g/mol. The van der Waals surface area contributed by atoms with Crippen LogP contribution in [-0.4, -0.2) is 27.8 Å². The van der Waals surface area contributed by atoms with Gasteiger partial charge in [0.1, 0.15) is 11.5 Å². The molecule has 0 N–H and O–H groups in total. The number of esters is 1. The normalized spacial score (nSPS) is 11.0. The first-order chi connectivity index (χ1) is 9.90. The molecule has 0 bridgehead atoms. The van der Waals surface area contributed by atoms with Gasteiger partial charge in [0.25, 0.3) is 0 Å². The molecule has 6 heteroatoms. The lowest BCUT2D eigenvalue weighted by Crippen LogP contribution is -2.08. The van der Waals surface area contributed by atoms with E-state index < -0.39 is 15.8 Å². The summed E-state index contributed by atoms with van der Waals surface area (Å²) in [5.74, 6) is 0.487. The third kappa shape index (κ3) is 3.82. The Morgan fingerprint density at radius 3 is 1.90 bits per heavy atom. The molecule has 0 atom stereocenters. The highest BCUT2D eigenvalue weighted by Crippen LogP contribution is 2.18. The van der Waals surface area contributed by atoms with Crippen molar-refractivity contribution in [3.05, 3.63) is 54.1 Å². The number of rotatable bonds is 4. The third-order valence-corrected chi connectivity index (χ3v) is 3.92. The quantitative estimate of drug-likeness (QED) is 0.640. The molecule has 0 spiro atoms. The minimum atomic E-state index is -3.28. The van der Waals surface area contributed by atoms with Crippen molar-refractivity contribution in [3.8, 4) is 11.5 Å². The molecule has 0 saturated heterocycles. The molecule has 0 aliphatic heterocycles. The fourth-order valence-electron chi connectivity index (χ4n) is 1.65. The Morgan fingerprint density at radius 1 is 0.905 bits per heavy atom. The van der Waals surface area contributed by atoms with Crippen LogP contribution in [0.5, 0.6) is 11.5 Å². The van der Waals surface area contributed by atoms with E-state index in [1.807, 2.05) is 0 Å². The van der Waals surface area contributed by atoms with Crippen LogP contribution in [0.25, 0.3) is 0 Å². The number of hydrogen-bond acceptors (Lipinski definition) is 5. The topological polar surface area (TPSA) is 69.7 Å². The van der Waals surface area contributed by atoms with E-state index in [2.05, 4.69) is 0 Å². The molecule has 5 nitrogen and oxygen atoms in total. The molecule has 2 aromatic carbocycles. The zero-order chi connectivity index (χ0) is 15.5. The van der Waals surface area contributed by atoms with Crippen LogP contribution >= 0.6 is 0 Å². The van der Waals surface area contributed by atoms with Gasteiger partial charge in [-0.3, -0.25) is 0 Å². The molecule has 0 aromatic heterocycles. The van der Waals surface area contributed by atoms with E-state index in [0.717, 1.165) is 6.26 Å². The molecule has 110 valence electrons. The van der Waals surface area contributed by atoms with E-state index in [4.69, 9.17) is 9.47 Å². The Hall–Kier alpha value is -2.34. The van der Waals surface area contributed by atoms with Gasteiger partial charge in [-0.25, -0.2) is 13.2 Å². The van der Waals surface area contributed by atoms with E-state index in [9.17, 15) is 13.2 Å². The Morgan fingerprint density at radius 2 is 1.43 bits per heavy atom. The zero-order valence-electron chi connectivity index (χ0n) is 11.6. The first kappa shape index (κ1) is 15.1. The molecule has 0 radical (unpaired) electrons. The fourth-order valence-corrected chi connectivity index (χ4v) is 2.28. The summed E-state index contributed by atoms with van der Waals surface area (Å²) in [6, 6.07) is 12.2. The predicted octanol–water partition coefficient (Wildman–Crippen LogP) is 2.32. The van der Waals surface area contributed by atoms with E-state index >= 15 is 0 Å². The van der Waals surface area contributed by atoms with Gasteiger partial charge in [-0.05, 0) is 48.5 Å². The van der Waals surface area contributed by atoms with Gasteiger partial charge in [0.05, 0.1) is 17.6 Å². The van der Waals surface area contributed by atoms with Gasteiger partial charge in [0.15, 0.2) is 9.84 Å². The number of hydrogen-bond donors (Lipinski definition) is 0. The van der Waals surface area contributed by atoms with Crippen LogP contribution in [0.3, 0.4) is 0 Å². The van der Waals surface area contributed by atoms with Crippen LogP contribution < -0.4 is 9.47 Å². The number of carbonyl (C=O) groups excluding carboxylic acids is 1. The first-order valence-electron chi connectivity index (χ1n) is 6.06. The van der Waals surface area contributed by atoms with Crippen LogP contribution in [0.1, 0.15) is 10.4 Å². The van der Waals surface area contributed by atoms with Crippen LogP contribution in [-0.2, 0) is 9.84 Å². The molecule has 0 saturated carbocycles. The van der Waals surface area contributed by atoms with Crippen LogP contribution in [0.15, 0.2) is 53.4 Å². The highest BCUT2D eigenvalue weighted by atomic mass is 32.2. The highest BCUT2D eigenvalue weighted by molar-refractivity contribution is 7.90. The molecular formula is C15H14O5S. The van der Waals surface area contributed by atoms with Gasteiger partial charge in [0.2, 0.25) is 0 Å². The van der Waals surface area contributed by atoms with Crippen molar-refractivity contribution in [2.75, 3.05) is 13.4 Å². The van der Waals surface area contributed by atoms with Crippen molar-refractivity contribution in [1.82, 2.24) is 0 Å². The lowest BCUT2D eigenvalue weighted by molar-refractivity contribution is 0.0734. The molecule has 2 aromatic rings. The van der Waals surface area contributed by atoms with Gasteiger partial charge in [-0.2, -0.15) is 0 Å². The van der Waals surface area contributed by atoms with Crippen molar-refractivity contribution < 1.29 is 22.7 Å².